The van der Waals surface area contributed by atoms with Crippen molar-refractivity contribution in [3.8, 4) is 22.8 Å². The minimum Gasteiger partial charge on any atom is -0.486 e. The normalized spacial score (nSPS) is 12.4. The first-order chi connectivity index (χ1) is 13.6. The van der Waals surface area contributed by atoms with Crippen molar-refractivity contribution in [1.82, 2.24) is 4.98 Å². The molecule has 8 nitrogen and oxygen atoms in total. The van der Waals surface area contributed by atoms with Crippen molar-refractivity contribution < 1.29 is 19.2 Å². The van der Waals surface area contributed by atoms with Crippen LogP contribution in [0.1, 0.15) is 5.56 Å². The highest BCUT2D eigenvalue weighted by atomic mass is 32.1. The van der Waals surface area contributed by atoms with Gasteiger partial charge in [-0.05, 0) is 23.8 Å². The third kappa shape index (κ3) is 3.94. The first-order valence-electron chi connectivity index (χ1n) is 8.47. The van der Waals surface area contributed by atoms with Crippen LogP contribution in [0.4, 0.5) is 10.8 Å². The van der Waals surface area contributed by atoms with E-state index in [4.69, 9.17) is 9.47 Å². The van der Waals surface area contributed by atoms with Gasteiger partial charge in [0.1, 0.15) is 13.2 Å². The van der Waals surface area contributed by atoms with E-state index in [1.165, 1.54) is 23.5 Å². The monoisotopic (exact) mass is 397 g/mol. The lowest BCUT2D eigenvalue weighted by Gasteiger charge is -2.18. The zero-order valence-corrected chi connectivity index (χ0v) is 15.4. The summed E-state index contributed by atoms with van der Waals surface area (Å²) in [4.78, 5) is 26.9. The molecule has 0 saturated heterocycles. The van der Waals surface area contributed by atoms with Crippen LogP contribution in [0, 0.1) is 10.1 Å². The molecule has 0 atom stereocenters. The summed E-state index contributed by atoms with van der Waals surface area (Å²) in [5.74, 6) is 1.15. The van der Waals surface area contributed by atoms with Crippen molar-refractivity contribution in [2.75, 3.05) is 18.5 Å². The summed E-state index contributed by atoms with van der Waals surface area (Å²) in [6, 6.07) is 11.5. The molecule has 1 N–H and O–H groups in total. The second-order valence-corrected chi connectivity index (χ2v) is 6.90. The van der Waals surface area contributed by atoms with E-state index in [0.717, 1.165) is 11.3 Å². The van der Waals surface area contributed by atoms with Crippen LogP contribution in [-0.2, 0) is 11.2 Å². The van der Waals surface area contributed by atoms with Crippen LogP contribution in [0.2, 0.25) is 0 Å². The summed E-state index contributed by atoms with van der Waals surface area (Å²) < 4.78 is 11.1. The highest BCUT2D eigenvalue weighted by Crippen LogP contribution is 2.35. The van der Waals surface area contributed by atoms with Gasteiger partial charge in [-0.2, -0.15) is 0 Å². The summed E-state index contributed by atoms with van der Waals surface area (Å²) in [5.41, 5.74) is 2.28. The van der Waals surface area contributed by atoms with Gasteiger partial charge in [0.05, 0.1) is 17.0 Å². The summed E-state index contributed by atoms with van der Waals surface area (Å²) >= 11 is 1.32. The molecule has 1 aliphatic heterocycles. The molecule has 0 spiro atoms. The first-order valence-corrected chi connectivity index (χ1v) is 9.35. The van der Waals surface area contributed by atoms with Gasteiger partial charge in [0.2, 0.25) is 5.91 Å². The number of anilines is 1. The number of carbonyl (C=O) groups excluding carboxylic acids is 1. The number of nitro benzene ring substituents is 1. The first kappa shape index (κ1) is 17.9. The molecule has 0 bridgehead atoms. The predicted molar refractivity (Wildman–Crippen MR) is 104 cm³/mol. The van der Waals surface area contributed by atoms with E-state index in [1.54, 1.807) is 12.1 Å². The van der Waals surface area contributed by atoms with Gasteiger partial charge in [0.25, 0.3) is 5.69 Å². The average molecular weight is 397 g/mol. The SMILES string of the molecule is O=C(Cc1ccc([N+](=O)[O-])cc1)Nc1nc(-c2ccc3c(c2)OCCO3)cs1. The highest BCUT2D eigenvalue weighted by molar-refractivity contribution is 7.14. The van der Waals surface area contributed by atoms with Crippen LogP contribution >= 0.6 is 11.3 Å². The van der Waals surface area contributed by atoms with E-state index in [-0.39, 0.29) is 18.0 Å². The van der Waals surface area contributed by atoms with E-state index in [9.17, 15) is 14.9 Å². The second kappa shape index (κ2) is 7.65. The number of amides is 1. The van der Waals surface area contributed by atoms with Gasteiger partial charge in [0.15, 0.2) is 16.6 Å². The number of nitrogens with zero attached hydrogens (tertiary/aromatic N) is 2. The Morgan fingerprint density at radius 2 is 1.89 bits per heavy atom. The number of non-ortho nitro benzene ring substituents is 1. The quantitative estimate of drug-likeness (QED) is 0.520. The van der Waals surface area contributed by atoms with Gasteiger partial charge < -0.3 is 14.8 Å². The van der Waals surface area contributed by atoms with Crippen LogP contribution < -0.4 is 14.8 Å². The maximum absolute atomic E-state index is 12.2. The van der Waals surface area contributed by atoms with Gasteiger partial charge in [0, 0.05) is 23.1 Å². The van der Waals surface area contributed by atoms with E-state index < -0.39 is 4.92 Å². The average Bonchev–Trinajstić information content (AvgIpc) is 3.16. The van der Waals surface area contributed by atoms with Crippen molar-refractivity contribution >= 4 is 28.1 Å². The number of thiazole rings is 1. The van der Waals surface area contributed by atoms with E-state index >= 15 is 0 Å². The molecule has 9 heteroatoms. The van der Waals surface area contributed by atoms with Crippen molar-refractivity contribution in [3.05, 3.63) is 63.5 Å². The van der Waals surface area contributed by atoms with Crippen molar-refractivity contribution in [3.63, 3.8) is 0 Å². The number of rotatable bonds is 5. The fourth-order valence-electron chi connectivity index (χ4n) is 2.75. The van der Waals surface area contributed by atoms with E-state index in [0.29, 0.717) is 35.4 Å². The number of benzene rings is 2. The van der Waals surface area contributed by atoms with Crippen LogP contribution in [0.25, 0.3) is 11.3 Å². The fraction of sp³-hybridized carbons (Fsp3) is 0.158. The van der Waals surface area contributed by atoms with Crippen LogP contribution in [0.3, 0.4) is 0 Å². The van der Waals surface area contributed by atoms with Crippen LogP contribution in [0.5, 0.6) is 11.5 Å². The van der Waals surface area contributed by atoms with E-state index in [1.807, 2.05) is 23.6 Å². The molecule has 4 rings (SSSR count). The molecule has 0 unspecified atom stereocenters. The zero-order valence-electron chi connectivity index (χ0n) is 14.6. The molecule has 142 valence electrons. The number of hydrogen-bond acceptors (Lipinski definition) is 7. The Labute approximate surface area is 163 Å². The summed E-state index contributed by atoms with van der Waals surface area (Å²) in [6.07, 6.45) is 0.108. The highest BCUT2D eigenvalue weighted by Gasteiger charge is 2.15. The molecule has 3 aromatic rings. The van der Waals surface area contributed by atoms with Gasteiger partial charge in [-0.3, -0.25) is 14.9 Å². The molecular weight excluding hydrogens is 382 g/mol. The topological polar surface area (TPSA) is 104 Å². The van der Waals surface area contributed by atoms with Gasteiger partial charge >= 0.3 is 0 Å². The molecule has 0 saturated carbocycles. The Morgan fingerprint density at radius 1 is 1.14 bits per heavy atom. The third-order valence-corrected chi connectivity index (χ3v) is 4.86. The number of carbonyl (C=O) groups is 1. The molecule has 0 fully saturated rings. The lowest BCUT2D eigenvalue weighted by Crippen LogP contribution is -2.15. The lowest BCUT2D eigenvalue weighted by atomic mass is 10.1. The van der Waals surface area contributed by atoms with Crippen LogP contribution in [-0.4, -0.2) is 29.0 Å². The molecule has 0 aliphatic carbocycles. The summed E-state index contributed by atoms with van der Waals surface area (Å²) in [6.45, 7) is 1.05. The van der Waals surface area contributed by atoms with Gasteiger partial charge in [-0.15, -0.1) is 11.3 Å². The summed E-state index contributed by atoms with van der Waals surface area (Å²) in [5, 5.41) is 15.8. The second-order valence-electron chi connectivity index (χ2n) is 6.04. The number of hydrogen-bond donors (Lipinski definition) is 1. The maximum atomic E-state index is 12.2. The number of ether oxygens (including phenoxy) is 2. The molecule has 2 heterocycles. The zero-order chi connectivity index (χ0) is 19.5. The van der Waals surface area contributed by atoms with Crippen molar-refractivity contribution in [1.29, 1.82) is 0 Å². The molecule has 1 aromatic heterocycles. The van der Waals surface area contributed by atoms with Gasteiger partial charge in [-0.25, -0.2) is 4.98 Å². The Hall–Kier alpha value is -3.46. The van der Waals surface area contributed by atoms with Gasteiger partial charge in [-0.1, -0.05) is 12.1 Å². The lowest BCUT2D eigenvalue weighted by molar-refractivity contribution is -0.384. The van der Waals surface area contributed by atoms with E-state index in [2.05, 4.69) is 10.3 Å². The Kier molecular flexibility index (Phi) is 4.90. The standard InChI is InChI=1S/C19H15N3O5S/c23-18(9-12-1-4-14(5-2-12)22(24)25)21-19-20-15(11-28-19)13-3-6-16-17(10-13)27-8-7-26-16/h1-6,10-11H,7-9H2,(H,20,21,23). The Morgan fingerprint density at radius 3 is 2.64 bits per heavy atom. The largest absolute Gasteiger partial charge is 0.486 e. The third-order valence-electron chi connectivity index (χ3n) is 4.10. The molecule has 2 aromatic carbocycles. The smallest absolute Gasteiger partial charge is 0.269 e. The number of aromatic nitrogens is 1. The molecule has 1 amide bonds. The van der Waals surface area contributed by atoms with Crippen LogP contribution in [0.15, 0.2) is 47.8 Å². The Bertz CT molecular complexity index is 1030. The number of nitrogens with one attached hydrogen (secondary N) is 1. The Balaban J connectivity index is 1.41. The molecule has 1 aliphatic rings. The molecule has 28 heavy (non-hydrogen) atoms. The minimum atomic E-state index is -0.473. The predicted octanol–water partition coefficient (Wildman–Crippen LogP) is 3.67. The van der Waals surface area contributed by atoms with Crippen molar-refractivity contribution in [2.45, 2.75) is 6.42 Å². The number of nitro groups is 1. The minimum absolute atomic E-state index is 0.00634. The fourth-order valence-corrected chi connectivity index (χ4v) is 3.49. The number of fused-ring (bicyclic) bond motifs is 1. The molecule has 0 radical (unpaired) electrons. The maximum Gasteiger partial charge on any atom is 0.269 e. The molecular formula is C19H15N3O5S. The summed E-state index contributed by atoms with van der Waals surface area (Å²) in [7, 11) is 0. The van der Waals surface area contributed by atoms with Crippen molar-refractivity contribution in [2.24, 2.45) is 0 Å².